The summed E-state index contributed by atoms with van der Waals surface area (Å²) in [5, 5.41) is 0. The summed E-state index contributed by atoms with van der Waals surface area (Å²) < 4.78 is 0. The van der Waals surface area contributed by atoms with Gasteiger partial charge >= 0.3 is 0 Å². The maximum atomic E-state index is 5.78. The molecule has 0 aliphatic carbocycles. The molecule has 3 heteroatoms. The summed E-state index contributed by atoms with van der Waals surface area (Å²) in [5.74, 6) is 0.583. The molecule has 1 unspecified atom stereocenters. The van der Waals surface area contributed by atoms with Crippen LogP contribution in [-0.2, 0) is 0 Å². The standard InChI is InChI=1S/C14H22N2S/c1-9(2)11(4)16(5)13-8-10(3)6-7-12(13)14(15)17/h6-9,11H,1-5H3,(H2,15,17). The van der Waals surface area contributed by atoms with Crippen molar-refractivity contribution in [2.75, 3.05) is 11.9 Å². The maximum Gasteiger partial charge on any atom is 0.106 e. The second-order valence-electron chi connectivity index (χ2n) is 4.98. The van der Waals surface area contributed by atoms with Gasteiger partial charge in [0.05, 0.1) is 0 Å². The van der Waals surface area contributed by atoms with Crippen molar-refractivity contribution < 1.29 is 0 Å². The van der Waals surface area contributed by atoms with E-state index in [1.54, 1.807) is 0 Å². The SMILES string of the molecule is Cc1ccc(C(N)=S)c(N(C)C(C)C(C)C)c1. The number of anilines is 1. The summed E-state index contributed by atoms with van der Waals surface area (Å²) in [4.78, 5) is 2.72. The highest BCUT2D eigenvalue weighted by molar-refractivity contribution is 7.80. The molecule has 0 amide bonds. The molecule has 1 aromatic carbocycles. The highest BCUT2D eigenvalue weighted by Gasteiger charge is 2.17. The fourth-order valence-electron chi connectivity index (χ4n) is 1.81. The highest BCUT2D eigenvalue weighted by Crippen LogP contribution is 2.25. The smallest absolute Gasteiger partial charge is 0.106 e. The molecule has 0 saturated heterocycles. The number of aryl methyl sites for hydroxylation is 1. The van der Waals surface area contributed by atoms with Crippen LogP contribution in [0, 0.1) is 12.8 Å². The summed E-state index contributed by atoms with van der Waals surface area (Å²) in [6.07, 6.45) is 0. The summed E-state index contributed by atoms with van der Waals surface area (Å²) in [6.45, 7) is 8.74. The molecule has 0 aliphatic heterocycles. The van der Waals surface area contributed by atoms with Gasteiger partial charge < -0.3 is 10.6 Å². The molecule has 1 atom stereocenters. The molecule has 0 fully saturated rings. The third-order valence-electron chi connectivity index (χ3n) is 3.37. The Kier molecular flexibility index (Phi) is 4.52. The van der Waals surface area contributed by atoms with Gasteiger partial charge in [-0.3, -0.25) is 0 Å². The van der Waals surface area contributed by atoms with Crippen LogP contribution in [0.2, 0.25) is 0 Å². The van der Waals surface area contributed by atoms with Crippen LogP contribution in [0.15, 0.2) is 18.2 Å². The Balaban J connectivity index is 3.19. The van der Waals surface area contributed by atoms with Gasteiger partial charge in [-0.25, -0.2) is 0 Å². The van der Waals surface area contributed by atoms with E-state index >= 15 is 0 Å². The van der Waals surface area contributed by atoms with Crippen LogP contribution in [0.5, 0.6) is 0 Å². The fraction of sp³-hybridized carbons (Fsp3) is 0.500. The van der Waals surface area contributed by atoms with Crippen molar-refractivity contribution >= 4 is 22.9 Å². The predicted octanol–water partition coefficient (Wildman–Crippen LogP) is 3.11. The van der Waals surface area contributed by atoms with Gasteiger partial charge in [0.1, 0.15) is 4.99 Å². The number of nitrogens with two attached hydrogens (primary N) is 1. The topological polar surface area (TPSA) is 29.3 Å². The molecular formula is C14H22N2S. The Morgan fingerprint density at radius 1 is 1.29 bits per heavy atom. The Morgan fingerprint density at radius 3 is 2.35 bits per heavy atom. The number of hydrogen-bond donors (Lipinski definition) is 1. The first kappa shape index (κ1) is 14.0. The Hall–Kier alpha value is -1.09. The molecule has 0 aliphatic rings. The lowest BCUT2D eigenvalue weighted by atomic mass is 10.0. The van der Waals surface area contributed by atoms with Crippen molar-refractivity contribution in [1.82, 2.24) is 0 Å². The van der Waals surface area contributed by atoms with Crippen LogP contribution in [0.1, 0.15) is 31.9 Å². The van der Waals surface area contributed by atoms with Gasteiger partial charge in [-0.05, 0) is 37.5 Å². The molecule has 0 heterocycles. The monoisotopic (exact) mass is 250 g/mol. The van der Waals surface area contributed by atoms with Gasteiger partial charge in [-0.15, -0.1) is 0 Å². The van der Waals surface area contributed by atoms with E-state index in [0.29, 0.717) is 16.9 Å². The molecular weight excluding hydrogens is 228 g/mol. The predicted molar refractivity (Wildman–Crippen MR) is 79.8 cm³/mol. The minimum Gasteiger partial charge on any atom is -0.389 e. The molecule has 1 rings (SSSR count). The zero-order valence-electron chi connectivity index (χ0n) is 11.3. The summed E-state index contributed by atoms with van der Waals surface area (Å²) in [6, 6.07) is 6.65. The van der Waals surface area contributed by atoms with E-state index in [4.69, 9.17) is 18.0 Å². The zero-order valence-corrected chi connectivity index (χ0v) is 12.1. The lowest BCUT2D eigenvalue weighted by Gasteiger charge is -2.31. The molecule has 2 nitrogen and oxygen atoms in total. The largest absolute Gasteiger partial charge is 0.389 e. The van der Waals surface area contributed by atoms with Crippen molar-refractivity contribution in [2.24, 2.45) is 11.7 Å². The van der Waals surface area contributed by atoms with Crippen LogP contribution >= 0.6 is 12.2 Å². The Morgan fingerprint density at radius 2 is 1.88 bits per heavy atom. The van der Waals surface area contributed by atoms with Gasteiger partial charge in [0.2, 0.25) is 0 Å². The van der Waals surface area contributed by atoms with Crippen molar-refractivity contribution in [2.45, 2.75) is 33.7 Å². The lowest BCUT2D eigenvalue weighted by Crippen LogP contribution is -2.34. The number of benzene rings is 1. The average Bonchev–Trinajstić information content (AvgIpc) is 2.26. The molecule has 0 bridgehead atoms. The molecule has 0 saturated carbocycles. The minimum atomic E-state index is 0.449. The molecule has 17 heavy (non-hydrogen) atoms. The first-order valence-electron chi connectivity index (χ1n) is 5.98. The fourth-order valence-corrected chi connectivity index (χ4v) is 1.98. The first-order valence-corrected chi connectivity index (χ1v) is 6.38. The van der Waals surface area contributed by atoms with Gasteiger partial charge in [-0.1, -0.05) is 32.1 Å². The van der Waals surface area contributed by atoms with Gasteiger partial charge in [-0.2, -0.15) is 0 Å². The van der Waals surface area contributed by atoms with Crippen LogP contribution in [0.25, 0.3) is 0 Å². The molecule has 0 radical (unpaired) electrons. The zero-order chi connectivity index (χ0) is 13.2. The minimum absolute atomic E-state index is 0.449. The quantitative estimate of drug-likeness (QED) is 0.833. The molecule has 0 aromatic heterocycles. The van der Waals surface area contributed by atoms with E-state index in [1.165, 1.54) is 5.56 Å². The first-order chi connectivity index (χ1) is 7.84. The molecule has 1 aromatic rings. The van der Waals surface area contributed by atoms with Crippen molar-refractivity contribution in [3.05, 3.63) is 29.3 Å². The summed E-state index contributed by atoms with van der Waals surface area (Å²) in [5.41, 5.74) is 9.09. The number of nitrogens with zero attached hydrogens (tertiary/aromatic N) is 1. The second kappa shape index (κ2) is 5.50. The van der Waals surface area contributed by atoms with Gasteiger partial charge in [0.25, 0.3) is 0 Å². The normalized spacial score (nSPS) is 12.6. The molecule has 94 valence electrons. The van der Waals surface area contributed by atoms with Crippen LogP contribution in [0.4, 0.5) is 5.69 Å². The van der Waals surface area contributed by atoms with Crippen LogP contribution < -0.4 is 10.6 Å². The van der Waals surface area contributed by atoms with Crippen molar-refractivity contribution in [1.29, 1.82) is 0 Å². The van der Waals surface area contributed by atoms with Crippen LogP contribution in [-0.4, -0.2) is 18.1 Å². The Labute approximate surface area is 110 Å². The lowest BCUT2D eigenvalue weighted by molar-refractivity contribution is 0.505. The van der Waals surface area contributed by atoms with E-state index < -0.39 is 0 Å². The second-order valence-corrected chi connectivity index (χ2v) is 5.42. The third kappa shape index (κ3) is 3.19. The van der Waals surface area contributed by atoms with E-state index in [-0.39, 0.29) is 0 Å². The molecule has 2 N–H and O–H groups in total. The van der Waals surface area contributed by atoms with E-state index in [9.17, 15) is 0 Å². The van der Waals surface area contributed by atoms with Crippen molar-refractivity contribution in [3.8, 4) is 0 Å². The summed E-state index contributed by atoms with van der Waals surface area (Å²) >= 11 is 5.12. The number of hydrogen-bond acceptors (Lipinski definition) is 2. The maximum absolute atomic E-state index is 5.78. The Bertz CT molecular complexity index is 413. The number of rotatable bonds is 4. The van der Waals surface area contributed by atoms with E-state index in [0.717, 1.165) is 11.3 Å². The highest BCUT2D eigenvalue weighted by atomic mass is 32.1. The summed E-state index contributed by atoms with van der Waals surface area (Å²) in [7, 11) is 2.10. The third-order valence-corrected chi connectivity index (χ3v) is 3.59. The van der Waals surface area contributed by atoms with E-state index in [1.807, 2.05) is 12.1 Å². The van der Waals surface area contributed by atoms with Gasteiger partial charge in [0, 0.05) is 24.3 Å². The molecule has 0 spiro atoms. The van der Waals surface area contributed by atoms with Gasteiger partial charge in [0.15, 0.2) is 0 Å². The average molecular weight is 250 g/mol. The van der Waals surface area contributed by atoms with Crippen molar-refractivity contribution in [3.63, 3.8) is 0 Å². The van der Waals surface area contributed by atoms with E-state index in [2.05, 4.69) is 45.7 Å². The number of thiocarbonyl (C=S) groups is 1. The van der Waals surface area contributed by atoms with Crippen LogP contribution in [0.3, 0.4) is 0 Å².